The lowest BCUT2D eigenvalue weighted by Crippen LogP contribution is -2.32. The molecule has 2 N–H and O–H groups in total. The van der Waals surface area contributed by atoms with Gasteiger partial charge >= 0.3 is 0 Å². The molecule has 0 bridgehead atoms. The van der Waals surface area contributed by atoms with Gasteiger partial charge in [0.2, 0.25) is 0 Å². The first-order chi connectivity index (χ1) is 11.1. The lowest BCUT2D eigenvalue weighted by molar-refractivity contribution is 0.0915. The largest absolute Gasteiger partial charge is 0.392 e. The summed E-state index contributed by atoms with van der Waals surface area (Å²) < 4.78 is 2.02. The first-order valence-corrected chi connectivity index (χ1v) is 7.73. The number of hydrogen-bond acceptors (Lipinski definition) is 2. The number of aliphatic hydroxyl groups excluding tert-OH is 1. The molecule has 0 saturated carbocycles. The Morgan fingerprint density at radius 1 is 1.13 bits per heavy atom. The Kier molecular flexibility index (Phi) is 4.44. The fraction of sp³-hybridized carbons (Fsp3) is 0.211. The Morgan fingerprint density at radius 3 is 2.57 bits per heavy atom. The number of para-hydroxylation sites is 1. The van der Waals surface area contributed by atoms with Gasteiger partial charge in [-0.15, -0.1) is 0 Å². The van der Waals surface area contributed by atoms with Crippen LogP contribution in [0.3, 0.4) is 0 Å². The number of nitrogens with zero attached hydrogens (tertiary/aromatic N) is 1. The van der Waals surface area contributed by atoms with E-state index in [2.05, 4.69) is 5.32 Å². The molecular formula is C19H20N2O2. The van der Waals surface area contributed by atoms with Gasteiger partial charge in [0, 0.05) is 24.0 Å². The van der Waals surface area contributed by atoms with E-state index in [4.69, 9.17) is 0 Å². The topological polar surface area (TPSA) is 54.3 Å². The molecule has 0 saturated heterocycles. The molecule has 0 radical (unpaired) electrons. The SMILES string of the molecule is CC(O)CNC(=O)c1cc2ccccc2n1Cc1ccccc1. The fourth-order valence-corrected chi connectivity index (χ4v) is 2.67. The highest BCUT2D eigenvalue weighted by Crippen LogP contribution is 2.21. The number of nitrogens with one attached hydrogen (secondary N) is 1. The van der Waals surface area contributed by atoms with Crippen molar-refractivity contribution in [1.82, 2.24) is 9.88 Å². The molecular weight excluding hydrogens is 288 g/mol. The molecule has 1 unspecified atom stereocenters. The van der Waals surface area contributed by atoms with Crippen LogP contribution in [0.15, 0.2) is 60.7 Å². The van der Waals surface area contributed by atoms with Crippen LogP contribution in [-0.4, -0.2) is 28.2 Å². The highest BCUT2D eigenvalue weighted by Gasteiger charge is 2.15. The van der Waals surface area contributed by atoms with Gasteiger partial charge in [-0.1, -0.05) is 48.5 Å². The second kappa shape index (κ2) is 6.67. The zero-order chi connectivity index (χ0) is 16.2. The zero-order valence-electron chi connectivity index (χ0n) is 13.1. The molecule has 4 heteroatoms. The van der Waals surface area contributed by atoms with Crippen LogP contribution in [0.1, 0.15) is 23.0 Å². The molecule has 0 aliphatic rings. The van der Waals surface area contributed by atoms with Crippen molar-refractivity contribution in [2.24, 2.45) is 0 Å². The molecule has 2 aromatic carbocycles. The highest BCUT2D eigenvalue weighted by atomic mass is 16.3. The Balaban J connectivity index is 1.99. The maximum absolute atomic E-state index is 12.5. The molecule has 1 heterocycles. The number of hydrogen-bond donors (Lipinski definition) is 2. The summed E-state index contributed by atoms with van der Waals surface area (Å²) in [4.78, 5) is 12.5. The molecule has 4 nitrogen and oxygen atoms in total. The van der Waals surface area contributed by atoms with Crippen molar-refractivity contribution < 1.29 is 9.90 Å². The van der Waals surface area contributed by atoms with Crippen LogP contribution in [0, 0.1) is 0 Å². The lowest BCUT2D eigenvalue weighted by Gasteiger charge is -2.12. The van der Waals surface area contributed by atoms with E-state index in [-0.39, 0.29) is 12.5 Å². The fourth-order valence-electron chi connectivity index (χ4n) is 2.67. The van der Waals surface area contributed by atoms with Gasteiger partial charge < -0.3 is 15.0 Å². The molecule has 3 rings (SSSR count). The normalized spacial score (nSPS) is 12.3. The standard InChI is InChI=1S/C19H20N2O2/c1-14(22)12-20-19(23)18-11-16-9-5-6-10-17(16)21(18)13-15-7-3-2-4-8-15/h2-11,14,22H,12-13H2,1H3,(H,20,23). The molecule has 0 aliphatic heterocycles. The summed E-state index contributed by atoms with van der Waals surface area (Å²) >= 11 is 0. The summed E-state index contributed by atoms with van der Waals surface area (Å²) in [6, 6.07) is 19.9. The minimum atomic E-state index is -0.564. The van der Waals surface area contributed by atoms with Crippen LogP contribution < -0.4 is 5.32 Å². The van der Waals surface area contributed by atoms with Crippen LogP contribution in [-0.2, 0) is 6.54 Å². The van der Waals surface area contributed by atoms with E-state index in [0.717, 1.165) is 16.5 Å². The summed E-state index contributed by atoms with van der Waals surface area (Å²) in [5.41, 5.74) is 2.77. The maximum Gasteiger partial charge on any atom is 0.268 e. The van der Waals surface area contributed by atoms with E-state index in [1.165, 1.54) is 0 Å². The van der Waals surface area contributed by atoms with Gasteiger partial charge in [-0.25, -0.2) is 0 Å². The molecule has 1 aromatic heterocycles. The average molecular weight is 308 g/mol. The van der Waals surface area contributed by atoms with Crippen molar-refractivity contribution in [3.8, 4) is 0 Å². The Morgan fingerprint density at radius 2 is 1.83 bits per heavy atom. The zero-order valence-corrected chi connectivity index (χ0v) is 13.1. The van der Waals surface area contributed by atoms with Crippen LogP contribution >= 0.6 is 0 Å². The van der Waals surface area contributed by atoms with E-state index in [1.807, 2.05) is 65.2 Å². The summed E-state index contributed by atoms with van der Waals surface area (Å²) in [7, 11) is 0. The molecule has 0 fully saturated rings. The first kappa shape index (κ1) is 15.3. The van der Waals surface area contributed by atoms with Crippen molar-refractivity contribution in [2.45, 2.75) is 19.6 Å². The van der Waals surface area contributed by atoms with E-state index >= 15 is 0 Å². The second-order valence-corrected chi connectivity index (χ2v) is 5.72. The van der Waals surface area contributed by atoms with E-state index < -0.39 is 6.10 Å². The third-order valence-electron chi connectivity index (χ3n) is 3.78. The van der Waals surface area contributed by atoms with Crippen molar-refractivity contribution in [1.29, 1.82) is 0 Å². The van der Waals surface area contributed by atoms with Crippen molar-refractivity contribution in [3.63, 3.8) is 0 Å². The lowest BCUT2D eigenvalue weighted by atomic mass is 10.2. The Labute approximate surface area is 135 Å². The van der Waals surface area contributed by atoms with Crippen LogP contribution in [0.4, 0.5) is 0 Å². The molecule has 0 aliphatic carbocycles. The minimum absolute atomic E-state index is 0.168. The summed E-state index contributed by atoms with van der Waals surface area (Å²) in [6.45, 7) is 2.53. The predicted octanol–water partition coefficient (Wildman–Crippen LogP) is 2.80. The molecule has 3 aromatic rings. The Hall–Kier alpha value is -2.59. The van der Waals surface area contributed by atoms with E-state index in [1.54, 1.807) is 6.92 Å². The molecule has 118 valence electrons. The average Bonchev–Trinajstić information content (AvgIpc) is 2.92. The van der Waals surface area contributed by atoms with Gasteiger partial charge in [0.1, 0.15) is 5.69 Å². The molecule has 1 amide bonds. The molecule has 1 atom stereocenters. The number of benzene rings is 2. The number of aromatic nitrogens is 1. The summed E-state index contributed by atoms with van der Waals surface area (Å²) in [5.74, 6) is -0.168. The number of carbonyl (C=O) groups is 1. The number of rotatable bonds is 5. The maximum atomic E-state index is 12.5. The van der Waals surface area contributed by atoms with Gasteiger partial charge in [0.15, 0.2) is 0 Å². The van der Waals surface area contributed by atoms with Gasteiger partial charge in [-0.05, 0) is 24.6 Å². The van der Waals surface area contributed by atoms with Gasteiger partial charge in [0.25, 0.3) is 5.91 Å². The number of fused-ring (bicyclic) bond motifs is 1. The second-order valence-electron chi connectivity index (χ2n) is 5.72. The van der Waals surface area contributed by atoms with Crippen molar-refractivity contribution in [3.05, 3.63) is 71.9 Å². The summed E-state index contributed by atoms with van der Waals surface area (Å²) in [6.07, 6.45) is -0.564. The van der Waals surface area contributed by atoms with Crippen LogP contribution in [0.5, 0.6) is 0 Å². The van der Waals surface area contributed by atoms with Gasteiger partial charge in [0.05, 0.1) is 6.10 Å². The monoisotopic (exact) mass is 308 g/mol. The van der Waals surface area contributed by atoms with Crippen molar-refractivity contribution in [2.75, 3.05) is 6.54 Å². The molecule has 23 heavy (non-hydrogen) atoms. The molecule has 0 spiro atoms. The number of carbonyl (C=O) groups excluding carboxylic acids is 1. The van der Waals surface area contributed by atoms with Gasteiger partial charge in [-0.2, -0.15) is 0 Å². The first-order valence-electron chi connectivity index (χ1n) is 7.73. The van der Waals surface area contributed by atoms with Crippen LogP contribution in [0.25, 0.3) is 10.9 Å². The summed E-state index contributed by atoms with van der Waals surface area (Å²) in [5, 5.41) is 13.2. The predicted molar refractivity (Wildman–Crippen MR) is 91.5 cm³/mol. The van der Waals surface area contributed by atoms with E-state index in [0.29, 0.717) is 12.2 Å². The quantitative estimate of drug-likeness (QED) is 0.761. The van der Waals surface area contributed by atoms with Crippen LogP contribution in [0.2, 0.25) is 0 Å². The van der Waals surface area contributed by atoms with E-state index in [9.17, 15) is 9.90 Å². The van der Waals surface area contributed by atoms with Gasteiger partial charge in [-0.3, -0.25) is 4.79 Å². The number of aliphatic hydroxyl groups is 1. The Bertz CT molecular complexity index is 807. The highest BCUT2D eigenvalue weighted by molar-refractivity contribution is 5.98. The van der Waals surface area contributed by atoms with Crippen molar-refractivity contribution >= 4 is 16.8 Å². The smallest absolute Gasteiger partial charge is 0.268 e. The third kappa shape index (κ3) is 3.43. The minimum Gasteiger partial charge on any atom is -0.392 e. The number of amides is 1. The third-order valence-corrected chi connectivity index (χ3v) is 3.78.